The molecule has 4 nitrogen and oxygen atoms in total. The van der Waals surface area contributed by atoms with Crippen molar-refractivity contribution < 1.29 is 9.59 Å². The second-order valence-corrected chi connectivity index (χ2v) is 6.46. The summed E-state index contributed by atoms with van der Waals surface area (Å²) in [4.78, 5) is 24.0. The summed E-state index contributed by atoms with van der Waals surface area (Å²) in [5, 5.41) is 5.72. The van der Waals surface area contributed by atoms with Crippen molar-refractivity contribution in [2.45, 2.75) is 46.0 Å². The molecule has 25 heavy (non-hydrogen) atoms. The van der Waals surface area contributed by atoms with Crippen LogP contribution >= 0.6 is 0 Å². The molecule has 0 saturated carbocycles. The van der Waals surface area contributed by atoms with E-state index in [1.54, 1.807) is 24.3 Å². The van der Waals surface area contributed by atoms with E-state index in [0.717, 1.165) is 18.5 Å². The van der Waals surface area contributed by atoms with Crippen LogP contribution in [0.3, 0.4) is 0 Å². The van der Waals surface area contributed by atoms with E-state index in [0.29, 0.717) is 23.6 Å². The number of carbonyl (C=O) groups is 2. The maximum atomic E-state index is 12.3. The minimum Gasteiger partial charge on any atom is -0.326 e. The van der Waals surface area contributed by atoms with Crippen LogP contribution in [0.15, 0.2) is 48.5 Å². The number of benzene rings is 2. The van der Waals surface area contributed by atoms with Gasteiger partial charge in [0.15, 0.2) is 0 Å². The summed E-state index contributed by atoms with van der Waals surface area (Å²) in [6.07, 6.45) is 2.39. The third kappa shape index (κ3) is 5.75. The first-order chi connectivity index (χ1) is 12.0. The quantitative estimate of drug-likeness (QED) is 0.730. The van der Waals surface area contributed by atoms with E-state index in [4.69, 9.17) is 0 Å². The molecule has 0 atom stereocenters. The summed E-state index contributed by atoms with van der Waals surface area (Å²) in [5.74, 6) is 0.301. The molecule has 0 aliphatic rings. The predicted octanol–water partition coefficient (Wildman–Crippen LogP) is 5.19. The largest absolute Gasteiger partial charge is 0.326 e. The fraction of sp³-hybridized carbons (Fsp3) is 0.333. The van der Waals surface area contributed by atoms with Crippen LogP contribution in [-0.2, 0) is 4.79 Å². The number of hydrogen-bond acceptors (Lipinski definition) is 2. The molecule has 0 aromatic heterocycles. The molecule has 0 saturated heterocycles. The molecule has 2 aromatic carbocycles. The Morgan fingerprint density at radius 3 is 2.00 bits per heavy atom. The van der Waals surface area contributed by atoms with Crippen molar-refractivity contribution in [1.29, 1.82) is 0 Å². The van der Waals surface area contributed by atoms with Crippen LogP contribution in [0, 0.1) is 0 Å². The Morgan fingerprint density at radius 1 is 0.880 bits per heavy atom. The first-order valence-corrected chi connectivity index (χ1v) is 8.81. The molecule has 0 aliphatic heterocycles. The van der Waals surface area contributed by atoms with Crippen molar-refractivity contribution in [3.05, 3.63) is 59.7 Å². The highest BCUT2D eigenvalue weighted by Gasteiger charge is 2.08. The molecule has 2 aromatic rings. The molecular weight excluding hydrogens is 312 g/mol. The van der Waals surface area contributed by atoms with E-state index in [9.17, 15) is 9.59 Å². The first kappa shape index (κ1) is 18.7. The van der Waals surface area contributed by atoms with Gasteiger partial charge in [0.25, 0.3) is 5.91 Å². The number of nitrogens with one attached hydrogen (secondary N) is 2. The summed E-state index contributed by atoms with van der Waals surface area (Å²) in [6, 6.07) is 14.8. The molecule has 132 valence electrons. The Labute approximate surface area is 149 Å². The summed E-state index contributed by atoms with van der Waals surface area (Å²) in [6.45, 7) is 6.32. The third-order valence-electron chi connectivity index (χ3n) is 4.02. The van der Waals surface area contributed by atoms with Gasteiger partial charge in [0.1, 0.15) is 0 Å². The van der Waals surface area contributed by atoms with Crippen LogP contribution in [-0.4, -0.2) is 11.8 Å². The van der Waals surface area contributed by atoms with E-state index in [-0.39, 0.29) is 11.8 Å². The van der Waals surface area contributed by atoms with E-state index < -0.39 is 0 Å². The maximum absolute atomic E-state index is 12.3. The van der Waals surface area contributed by atoms with Gasteiger partial charge < -0.3 is 10.6 Å². The van der Waals surface area contributed by atoms with Crippen molar-refractivity contribution in [3.8, 4) is 0 Å². The lowest BCUT2D eigenvalue weighted by atomic mass is 10.0. The third-order valence-corrected chi connectivity index (χ3v) is 4.02. The van der Waals surface area contributed by atoms with E-state index in [2.05, 4.69) is 31.4 Å². The van der Waals surface area contributed by atoms with Gasteiger partial charge in [-0.25, -0.2) is 0 Å². The Kier molecular flexibility index (Phi) is 6.75. The van der Waals surface area contributed by atoms with Crippen molar-refractivity contribution in [3.63, 3.8) is 0 Å². The number of hydrogen-bond donors (Lipinski definition) is 2. The minimum atomic E-state index is -0.166. The lowest BCUT2D eigenvalue weighted by Crippen LogP contribution is -2.13. The van der Waals surface area contributed by atoms with Gasteiger partial charge in [-0.15, -0.1) is 0 Å². The van der Waals surface area contributed by atoms with Gasteiger partial charge in [0.05, 0.1) is 0 Å². The molecule has 0 heterocycles. The van der Waals surface area contributed by atoms with Crippen LogP contribution in [0.2, 0.25) is 0 Å². The van der Waals surface area contributed by atoms with E-state index in [1.807, 2.05) is 24.3 Å². The fourth-order valence-corrected chi connectivity index (χ4v) is 2.42. The standard InChI is InChI=1S/C21H26N2O2/c1-4-5-6-20(24)22-18-13-9-17(10-14-18)21(25)23-19-11-7-16(8-12-19)15(2)3/h7-15H,4-6H2,1-3H3,(H,22,24)(H,23,25). The van der Waals surface area contributed by atoms with Crippen LogP contribution < -0.4 is 10.6 Å². The van der Waals surface area contributed by atoms with Crippen molar-refractivity contribution >= 4 is 23.2 Å². The number of amides is 2. The van der Waals surface area contributed by atoms with Gasteiger partial charge in [0.2, 0.25) is 5.91 Å². The molecule has 4 heteroatoms. The van der Waals surface area contributed by atoms with Crippen LogP contribution in [0.5, 0.6) is 0 Å². The zero-order valence-corrected chi connectivity index (χ0v) is 15.1. The number of unbranched alkanes of at least 4 members (excludes halogenated alkanes) is 1. The summed E-state index contributed by atoms with van der Waals surface area (Å²) in [7, 11) is 0. The van der Waals surface area contributed by atoms with Gasteiger partial charge in [-0.2, -0.15) is 0 Å². The molecule has 0 unspecified atom stereocenters. The monoisotopic (exact) mass is 338 g/mol. The van der Waals surface area contributed by atoms with Gasteiger partial charge in [-0.05, 0) is 54.3 Å². The molecular formula is C21H26N2O2. The molecule has 0 bridgehead atoms. The Bertz CT molecular complexity index is 704. The summed E-state index contributed by atoms with van der Waals surface area (Å²) >= 11 is 0. The highest BCUT2D eigenvalue weighted by molar-refractivity contribution is 6.04. The predicted molar refractivity (Wildman–Crippen MR) is 103 cm³/mol. The lowest BCUT2D eigenvalue weighted by Gasteiger charge is -2.09. The molecule has 2 rings (SSSR count). The second-order valence-electron chi connectivity index (χ2n) is 6.46. The van der Waals surface area contributed by atoms with Crippen LogP contribution in [0.1, 0.15) is 61.9 Å². The highest BCUT2D eigenvalue weighted by atomic mass is 16.2. The number of anilines is 2. The SMILES string of the molecule is CCCCC(=O)Nc1ccc(C(=O)Nc2ccc(C(C)C)cc2)cc1. The van der Waals surface area contributed by atoms with E-state index in [1.165, 1.54) is 5.56 Å². The summed E-state index contributed by atoms with van der Waals surface area (Å²) < 4.78 is 0. The van der Waals surface area contributed by atoms with Gasteiger partial charge in [-0.3, -0.25) is 9.59 Å². The van der Waals surface area contributed by atoms with Crippen molar-refractivity contribution in [1.82, 2.24) is 0 Å². The second kappa shape index (κ2) is 9.02. The topological polar surface area (TPSA) is 58.2 Å². The highest BCUT2D eigenvalue weighted by Crippen LogP contribution is 2.18. The number of carbonyl (C=O) groups excluding carboxylic acids is 2. The Morgan fingerprint density at radius 2 is 1.44 bits per heavy atom. The molecule has 0 radical (unpaired) electrons. The zero-order chi connectivity index (χ0) is 18.2. The van der Waals surface area contributed by atoms with E-state index >= 15 is 0 Å². The Hall–Kier alpha value is -2.62. The van der Waals surface area contributed by atoms with Crippen LogP contribution in [0.25, 0.3) is 0 Å². The van der Waals surface area contributed by atoms with Gasteiger partial charge in [-0.1, -0.05) is 39.3 Å². The van der Waals surface area contributed by atoms with Crippen molar-refractivity contribution in [2.75, 3.05) is 10.6 Å². The maximum Gasteiger partial charge on any atom is 0.255 e. The molecule has 0 aliphatic carbocycles. The fourth-order valence-electron chi connectivity index (χ4n) is 2.42. The smallest absolute Gasteiger partial charge is 0.255 e. The van der Waals surface area contributed by atoms with Gasteiger partial charge >= 0.3 is 0 Å². The zero-order valence-electron chi connectivity index (χ0n) is 15.1. The number of rotatable bonds is 7. The summed E-state index contributed by atoms with van der Waals surface area (Å²) in [5.41, 5.74) is 3.27. The van der Waals surface area contributed by atoms with Crippen LogP contribution in [0.4, 0.5) is 11.4 Å². The van der Waals surface area contributed by atoms with Crippen molar-refractivity contribution in [2.24, 2.45) is 0 Å². The average Bonchev–Trinajstić information content (AvgIpc) is 2.61. The Balaban J connectivity index is 1.94. The minimum absolute atomic E-state index is 0.00398. The molecule has 2 amide bonds. The first-order valence-electron chi connectivity index (χ1n) is 8.81. The normalized spacial score (nSPS) is 10.6. The molecule has 2 N–H and O–H groups in total. The average molecular weight is 338 g/mol. The van der Waals surface area contributed by atoms with Gasteiger partial charge in [0, 0.05) is 23.4 Å². The molecule has 0 fully saturated rings. The molecule has 0 spiro atoms. The lowest BCUT2D eigenvalue weighted by molar-refractivity contribution is -0.116.